The number of carbonyl (C=O) groups is 2. The molecule has 2 saturated heterocycles. The molecule has 0 aliphatic carbocycles. The van der Waals surface area contributed by atoms with Crippen LogP contribution in [0.2, 0.25) is 0 Å². The van der Waals surface area contributed by atoms with Gasteiger partial charge in [0.2, 0.25) is 5.91 Å². The maximum absolute atomic E-state index is 13.1. The Labute approximate surface area is 147 Å². The molecule has 1 aromatic carbocycles. The molecule has 1 aromatic rings. The Morgan fingerprint density at radius 1 is 1.20 bits per heavy atom. The van der Waals surface area contributed by atoms with Gasteiger partial charge in [0.1, 0.15) is 0 Å². The molecule has 136 valence electrons. The van der Waals surface area contributed by atoms with Crippen molar-refractivity contribution in [2.24, 2.45) is 5.92 Å². The van der Waals surface area contributed by atoms with Gasteiger partial charge in [-0.3, -0.25) is 9.59 Å². The van der Waals surface area contributed by atoms with Crippen LogP contribution in [0.5, 0.6) is 11.5 Å². The monoisotopic (exact) mass is 347 g/mol. The molecule has 2 fully saturated rings. The molecule has 2 bridgehead atoms. The van der Waals surface area contributed by atoms with E-state index in [1.165, 1.54) is 7.11 Å². The third kappa shape index (κ3) is 3.42. The number of hydrogen-bond donors (Lipinski definition) is 1. The zero-order valence-electron chi connectivity index (χ0n) is 14.9. The standard InChI is InChI=1S/C18H25N3O4/c1-4-20-8-12-9-21(11-13(10-20)19-17(12)22)18(23)14-6-5-7-15(24-2)16(14)25-3/h5-7,12-13H,4,8-11H2,1-3H3,(H,19,22)/t12-,13+/m1/s1. The van der Waals surface area contributed by atoms with Crippen molar-refractivity contribution in [3.8, 4) is 11.5 Å². The molecule has 1 N–H and O–H groups in total. The number of carbonyl (C=O) groups excluding carboxylic acids is 2. The lowest BCUT2D eigenvalue weighted by Crippen LogP contribution is -2.49. The third-order valence-corrected chi connectivity index (χ3v) is 4.92. The maximum atomic E-state index is 13.1. The van der Waals surface area contributed by atoms with Gasteiger partial charge in [-0.15, -0.1) is 0 Å². The molecule has 2 aliphatic heterocycles. The van der Waals surface area contributed by atoms with Gasteiger partial charge in [-0.05, 0) is 18.7 Å². The number of rotatable bonds is 4. The molecule has 2 heterocycles. The summed E-state index contributed by atoms with van der Waals surface area (Å²) in [4.78, 5) is 29.5. The second kappa shape index (κ2) is 7.31. The molecule has 0 unspecified atom stereocenters. The van der Waals surface area contributed by atoms with Crippen LogP contribution in [0.25, 0.3) is 0 Å². The average molecular weight is 347 g/mol. The topological polar surface area (TPSA) is 71.1 Å². The average Bonchev–Trinajstić information content (AvgIpc) is 2.86. The summed E-state index contributed by atoms with van der Waals surface area (Å²) in [5.74, 6) is 0.641. The fourth-order valence-electron chi connectivity index (χ4n) is 3.65. The van der Waals surface area contributed by atoms with Crippen LogP contribution in [0, 0.1) is 5.92 Å². The van der Waals surface area contributed by atoms with Crippen LogP contribution in [0.4, 0.5) is 0 Å². The zero-order valence-corrected chi connectivity index (χ0v) is 14.9. The number of methoxy groups -OCH3 is 2. The summed E-state index contributed by atoms with van der Waals surface area (Å²) in [6.45, 7) is 5.35. The minimum absolute atomic E-state index is 0.0360. The first-order chi connectivity index (χ1) is 12.1. The van der Waals surface area contributed by atoms with Gasteiger partial charge in [0, 0.05) is 26.2 Å². The Morgan fingerprint density at radius 3 is 2.68 bits per heavy atom. The minimum Gasteiger partial charge on any atom is -0.493 e. The number of ether oxygens (including phenoxy) is 2. The van der Waals surface area contributed by atoms with E-state index in [9.17, 15) is 9.59 Å². The van der Waals surface area contributed by atoms with E-state index < -0.39 is 0 Å². The van der Waals surface area contributed by atoms with E-state index in [1.54, 1.807) is 30.2 Å². The first-order valence-electron chi connectivity index (χ1n) is 8.60. The molecule has 2 amide bonds. The first-order valence-corrected chi connectivity index (χ1v) is 8.60. The Balaban J connectivity index is 1.88. The van der Waals surface area contributed by atoms with Crippen LogP contribution < -0.4 is 14.8 Å². The van der Waals surface area contributed by atoms with Crippen molar-refractivity contribution in [1.82, 2.24) is 15.1 Å². The van der Waals surface area contributed by atoms with Gasteiger partial charge in [0.05, 0.1) is 31.7 Å². The molecule has 3 rings (SSSR count). The van der Waals surface area contributed by atoms with Crippen molar-refractivity contribution in [2.75, 3.05) is 46.9 Å². The summed E-state index contributed by atoms with van der Waals surface area (Å²) in [5, 5.41) is 3.06. The summed E-state index contributed by atoms with van der Waals surface area (Å²) in [7, 11) is 3.07. The Hall–Kier alpha value is -2.28. The molecule has 2 aliphatic rings. The van der Waals surface area contributed by atoms with Crippen molar-refractivity contribution in [3.63, 3.8) is 0 Å². The lowest BCUT2D eigenvalue weighted by atomic mass is 10.1. The lowest BCUT2D eigenvalue weighted by molar-refractivity contribution is -0.124. The molecule has 0 saturated carbocycles. The second-order valence-corrected chi connectivity index (χ2v) is 6.51. The number of para-hydroxylation sites is 1. The molecule has 2 atom stereocenters. The molecule has 7 heteroatoms. The lowest BCUT2D eigenvalue weighted by Gasteiger charge is -2.33. The van der Waals surface area contributed by atoms with E-state index in [0.29, 0.717) is 36.7 Å². The van der Waals surface area contributed by atoms with Gasteiger partial charge >= 0.3 is 0 Å². The van der Waals surface area contributed by atoms with Crippen LogP contribution in [0.1, 0.15) is 17.3 Å². The van der Waals surface area contributed by atoms with Gasteiger partial charge < -0.3 is 24.6 Å². The van der Waals surface area contributed by atoms with Crippen LogP contribution in [-0.4, -0.2) is 74.6 Å². The number of hydrogen-bond acceptors (Lipinski definition) is 5. The number of amides is 2. The largest absolute Gasteiger partial charge is 0.493 e. The molecule has 0 spiro atoms. The summed E-state index contributed by atoms with van der Waals surface area (Å²) >= 11 is 0. The van der Waals surface area contributed by atoms with Gasteiger partial charge in [-0.25, -0.2) is 0 Å². The van der Waals surface area contributed by atoms with Crippen molar-refractivity contribution in [3.05, 3.63) is 23.8 Å². The highest BCUT2D eigenvalue weighted by Gasteiger charge is 2.37. The molecular formula is C18H25N3O4. The van der Waals surface area contributed by atoms with Crippen molar-refractivity contribution in [2.45, 2.75) is 13.0 Å². The van der Waals surface area contributed by atoms with Crippen LogP contribution in [0.3, 0.4) is 0 Å². The van der Waals surface area contributed by atoms with Crippen molar-refractivity contribution >= 4 is 11.8 Å². The van der Waals surface area contributed by atoms with Crippen LogP contribution >= 0.6 is 0 Å². The number of fused-ring (bicyclic) bond motifs is 3. The van der Waals surface area contributed by atoms with E-state index in [-0.39, 0.29) is 23.8 Å². The predicted molar refractivity (Wildman–Crippen MR) is 93.0 cm³/mol. The zero-order chi connectivity index (χ0) is 18.0. The number of likely N-dealkylation sites (N-methyl/N-ethyl adjacent to an activating group) is 1. The Morgan fingerprint density at radius 2 is 2.00 bits per heavy atom. The van der Waals surface area contributed by atoms with Crippen LogP contribution in [-0.2, 0) is 4.79 Å². The summed E-state index contributed by atoms with van der Waals surface area (Å²) < 4.78 is 10.7. The predicted octanol–water partition coefficient (Wildman–Crippen LogP) is 0.596. The van der Waals surface area contributed by atoms with E-state index in [0.717, 1.165) is 13.1 Å². The maximum Gasteiger partial charge on any atom is 0.257 e. The Kier molecular flexibility index (Phi) is 5.13. The van der Waals surface area contributed by atoms with Crippen molar-refractivity contribution < 1.29 is 19.1 Å². The quantitative estimate of drug-likeness (QED) is 0.863. The SMILES string of the molecule is CCN1C[C@H]2CN(C(=O)c3cccc(OC)c3OC)C[C@@H](C1)C(=O)N2. The summed E-state index contributed by atoms with van der Waals surface area (Å²) in [5.41, 5.74) is 0.460. The van der Waals surface area contributed by atoms with E-state index in [4.69, 9.17) is 9.47 Å². The van der Waals surface area contributed by atoms with Gasteiger partial charge in [0.25, 0.3) is 5.91 Å². The minimum atomic E-state index is -0.215. The Bertz CT molecular complexity index is 664. The van der Waals surface area contributed by atoms with Gasteiger partial charge in [0.15, 0.2) is 11.5 Å². The second-order valence-electron chi connectivity index (χ2n) is 6.51. The number of benzene rings is 1. The number of nitrogens with zero attached hydrogens (tertiary/aromatic N) is 2. The highest BCUT2D eigenvalue weighted by atomic mass is 16.5. The molecule has 0 aromatic heterocycles. The highest BCUT2D eigenvalue weighted by Crippen LogP contribution is 2.32. The van der Waals surface area contributed by atoms with E-state index in [2.05, 4.69) is 17.1 Å². The number of nitrogens with one attached hydrogen (secondary N) is 1. The van der Waals surface area contributed by atoms with Crippen LogP contribution in [0.15, 0.2) is 18.2 Å². The highest BCUT2D eigenvalue weighted by molar-refractivity contribution is 5.98. The summed E-state index contributed by atoms with van der Waals surface area (Å²) in [6.07, 6.45) is 0. The third-order valence-electron chi connectivity index (χ3n) is 4.92. The van der Waals surface area contributed by atoms with Crippen molar-refractivity contribution in [1.29, 1.82) is 0 Å². The molecule has 0 radical (unpaired) electrons. The fraction of sp³-hybridized carbons (Fsp3) is 0.556. The van der Waals surface area contributed by atoms with E-state index >= 15 is 0 Å². The molecule has 25 heavy (non-hydrogen) atoms. The summed E-state index contributed by atoms with van der Waals surface area (Å²) in [6, 6.07) is 5.21. The first kappa shape index (κ1) is 17.5. The van der Waals surface area contributed by atoms with Gasteiger partial charge in [-0.1, -0.05) is 13.0 Å². The fourth-order valence-corrected chi connectivity index (χ4v) is 3.65. The molecule has 7 nitrogen and oxygen atoms in total. The normalized spacial score (nSPS) is 23.6. The van der Waals surface area contributed by atoms with Gasteiger partial charge in [-0.2, -0.15) is 0 Å². The molecular weight excluding hydrogens is 322 g/mol. The smallest absolute Gasteiger partial charge is 0.257 e. The van der Waals surface area contributed by atoms with E-state index in [1.807, 2.05) is 0 Å².